The first-order chi connectivity index (χ1) is 10.6. The van der Waals surface area contributed by atoms with Crippen molar-refractivity contribution in [1.82, 2.24) is 9.78 Å². The molecule has 3 rings (SSSR count). The summed E-state index contributed by atoms with van der Waals surface area (Å²) in [4.78, 5) is 12.2. The van der Waals surface area contributed by atoms with Crippen LogP contribution in [0.1, 0.15) is 42.0 Å². The van der Waals surface area contributed by atoms with Crippen LogP contribution >= 0.6 is 0 Å². The van der Waals surface area contributed by atoms with Crippen LogP contribution in [0.15, 0.2) is 30.3 Å². The number of fused-ring (bicyclic) bond motifs is 1. The minimum atomic E-state index is -0.169. The number of allylic oxidation sites excluding steroid dienone is 1. The van der Waals surface area contributed by atoms with Crippen LogP contribution in [0.25, 0.3) is 11.8 Å². The van der Waals surface area contributed by atoms with Crippen molar-refractivity contribution in [3.8, 4) is 5.75 Å². The number of aliphatic hydroxyl groups excluding tert-OH is 1. The van der Waals surface area contributed by atoms with Gasteiger partial charge in [0.15, 0.2) is 5.78 Å². The first kappa shape index (κ1) is 14.5. The van der Waals surface area contributed by atoms with E-state index in [9.17, 15) is 4.79 Å². The second-order valence-corrected chi connectivity index (χ2v) is 5.57. The number of rotatable bonds is 4. The Morgan fingerprint density at radius 3 is 2.68 bits per heavy atom. The summed E-state index contributed by atoms with van der Waals surface area (Å²) in [5.41, 5.74) is 2.89. The zero-order valence-corrected chi connectivity index (χ0v) is 12.6. The van der Waals surface area contributed by atoms with Crippen LogP contribution in [-0.2, 0) is 6.61 Å². The van der Waals surface area contributed by atoms with Gasteiger partial charge in [-0.2, -0.15) is 5.10 Å². The van der Waals surface area contributed by atoms with Crippen molar-refractivity contribution in [2.75, 3.05) is 0 Å². The molecule has 0 saturated heterocycles. The van der Waals surface area contributed by atoms with Crippen LogP contribution in [0.2, 0.25) is 0 Å². The first-order valence-electron chi connectivity index (χ1n) is 7.27. The lowest BCUT2D eigenvalue weighted by atomic mass is 9.98. The number of ether oxygens (including phenoxy) is 1. The maximum absolute atomic E-state index is 12.2. The third-order valence-electron chi connectivity index (χ3n) is 3.46. The highest BCUT2D eigenvalue weighted by Crippen LogP contribution is 2.28. The van der Waals surface area contributed by atoms with Crippen molar-refractivity contribution in [2.24, 2.45) is 0 Å². The SMILES string of the molecule is CC(C)Oc1ccc(C2=Cn3nc(CO)cc3C(=O)C2)cc1. The average molecular weight is 298 g/mol. The third kappa shape index (κ3) is 2.80. The predicted octanol–water partition coefficient (Wildman–Crippen LogP) is 2.75. The highest BCUT2D eigenvalue weighted by molar-refractivity contribution is 6.06. The minimum Gasteiger partial charge on any atom is -0.491 e. The summed E-state index contributed by atoms with van der Waals surface area (Å²) >= 11 is 0. The van der Waals surface area contributed by atoms with E-state index >= 15 is 0 Å². The smallest absolute Gasteiger partial charge is 0.185 e. The summed E-state index contributed by atoms with van der Waals surface area (Å²) in [6.07, 6.45) is 2.31. The highest BCUT2D eigenvalue weighted by atomic mass is 16.5. The Morgan fingerprint density at radius 1 is 1.32 bits per heavy atom. The Hall–Kier alpha value is -2.40. The van der Waals surface area contributed by atoms with Crippen LogP contribution < -0.4 is 4.74 Å². The van der Waals surface area contributed by atoms with Crippen molar-refractivity contribution in [3.05, 3.63) is 47.3 Å². The lowest BCUT2D eigenvalue weighted by molar-refractivity contribution is 0.0989. The number of benzene rings is 1. The first-order valence-corrected chi connectivity index (χ1v) is 7.27. The van der Waals surface area contributed by atoms with Gasteiger partial charge in [-0.3, -0.25) is 4.79 Å². The quantitative estimate of drug-likeness (QED) is 0.942. The third-order valence-corrected chi connectivity index (χ3v) is 3.46. The van der Waals surface area contributed by atoms with Crippen molar-refractivity contribution in [2.45, 2.75) is 33.0 Å². The normalized spacial score (nSPS) is 14.0. The van der Waals surface area contributed by atoms with E-state index in [0.717, 1.165) is 16.9 Å². The average Bonchev–Trinajstić information content (AvgIpc) is 2.91. The van der Waals surface area contributed by atoms with Gasteiger partial charge in [0.25, 0.3) is 0 Å². The van der Waals surface area contributed by atoms with E-state index in [-0.39, 0.29) is 18.5 Å². The van der Waals surface area contributed by atoms with Gasteiger partial charge in [-0.1, -0.05) is 12.1 Å². The summed E-state index contributed by atoms with van der Waals surface area (Å²) < 4.78 is 7.17. The monoisotopic (exact) mass is 298 g/mol. The molecule has 1 aromatic heterocycles. The van der Waals surface area contributed by atoms with Gasteiger partial charge in [0.2, 0.25) is 0 Å². The van der Waals surface area contributed by atoms with Gasteiger partial charge in [0, 0.05) is 12.6 Å². The summed E-state index contributed by atoms with van der Waals surface area (Å²) in [5.74, 6) is 0.816. The molecule has 0 atom stereocenters. The number of Topliss-reactive ketones (excluding diaryl/α,β-unsaturated/α-hetero) is 1. The summed E-state index contributed by atoms with van der Waals surface area (Å²) in [5, 5.41) is 13.3. The minimum absolute atomic E-state index is 0.00667. The lowest BCUT2D eigenvalue weighted by Crippen LogP contribution is -2.12. The largest absolute Gasteiger partial charge is 0.491 e. The number of aliphatic hydroxyl groups is 1. The number of hydrogen-bond acceptors (Lipinski definition) is 4. The molecule has 0 fully saturated rings. The topological polar surface area (TPSA) is 64.3 Å². The van der Waals surface area contributed by atoms with Gasteiger partial charge in [0.1, 0.15) is 11.4 Å². The Balaban J connectivity index is 1.90. The fraction of sp³-hybridized carbons (Fsp3) is 0.294. The van der Waals surface area contributed by atoms with Crippen LogP contribution in [0.4, 0.5) is 0 Å². The van der Waals surface area contributed by atoms with Crippen LogP contribution in [0.3, 0.4) is 0 Å². The number of hydrogen-bond donors (Lipinski definition) is 1. The van der Waals surface area contributed by atoms with E-state index in [2.05, 4.69) is 5.10 Å². The molecular weight excluding hydrogens is 280 g/mol. The Bertz CT molecular complexity index is 727. The van der Waals surface area contributed by atoms with Gasteiger partial charge in [0.05, 0.1) is 18.4 Å². The molecule has 0 unspecified atom stereocenters. The molecule has 1 aliphatic heterocycles. The molecule has 0 amide bonds. The predicted molar refractivity (Wildman–Crippen MR) is 83.5 cm³/mol. The molecule has 1 aliphatic rings. The summed E-state index contributed by atoms with van der Waals surface area (Å²) in [6.45, 7) is 3.79. The molecule has 22 heavy (non-hydrogen) atoms. The van der Waals surface area contributed by atoms with E-state index in [1.165, 1.54) is 0 Å². The molecule has 0 bridgehead atoms. The fourth-order valence-electron chi connectivity index (χ4n) is 2.48. The number of nitrogens with zero attached hydrogens (tertiary/aromatic N) is 2. The summed E-state index contributed by atoms with van der Waals surface area (Å²) in [6, 6.07) is 9.32. The Morgan fingerprint density at radius 2 is 2.05 bits per heavy atom. The van der Waals surface area contributed by atoms with Crippen molar-refractivity contribution in [1.29, 1.82) is 0 Å². The number of ketones is 1. The van der Waals surface area contributed by atoms with Crippen molar-refractivity contribution >= 4 is 17.6 Å². The number of carbonyl (C=O) groups is 1. The van der Waals surface area contributed by atoms with Gasteiger partial charge in [-0.05, 0) is 43.2 Å². The molecular formula is C17H18N2O3. The summed E-state index contributed by atoms with van der Waals surface area (Å²) in [7, 11) is 0. The van der Waals surface area contributed by atoms with Gasteiger partial charge >= 0.3 is 0 Å². The Kier molecular flexibility index (Phi) is 3.81. The van der Waals surface area contributed by atoms with Crippen LogP contribution in [0, 0.1) is 0 Å². The molecule has 2 heterocycles. The molecule has 0 radical (unpaired) electrons. The molecule has 5 heteroatoms. The van der Waals surface area contributed by atoms with E-state index < -0.39 is 0 Å². The zero-order chi connectivity index (χ0) is 15.7. The molecule has 1 aromatic carbocycles. The van der Waals surface area contributed by atoms with Crippen molar-refractivity contribution in [3.63, 3.8) is 0 Å². The van der Waals surface area contributed by atoms with Gasteiger partial charge in [-0.15, -0.1) is 0 Å². The van der Waals surface area contributed by atoms with E-state index in [4.69, 9.17) is 9.84 Å². The van der Waals surface area contributed by atoms with E-state index in [1.54, 1.807) is 10.7 Å². The Labute approximate surface area is 128 Å². The number of carbonyl (C=O) groups excluding carboxylic acids is 1. The highest BCUT2D eigenvalue weighted by Gasteiger charge is 2.21. The molecule has 2 aromatic rings. The second kappa shape index (κ2) is 5.77. The fourth-order valence-corrected chi connectivity index (χ4v) is 2.48. The van der Waals surface area contributed by atoms with Crippen LogP contribution in [0.5, 0.6) is 5.75 Å². The zero-order valence-electron chi connectivity index (χ0n) is 12.6. The second-order valence-electron chi connectivity index (χ2n) is 5.57. The molecule has 0 saturated carbocycles. The maximum Gasteiger partial charge on any atom is 0.185 e. The molecule has 1 N–H and O–H groups in total. The van der Waals surface area contributed by atoms with E-state index in [1.807, 2.05) is 44.3 Å². The standard InChI is InChI=1S/C17H18N2O3/c1-11(2)22-15-5-3-12(4-6-15)13-7-17(21)16-8-14(10-20)18-19(16)9-13/h3-6,8-9,11,20H,7,10H2,1-2H3. The molecule has 0 aliphatic carbocycles. The van der Waals surface area contributed by atoms with Gasteiger partial charge in [-0.25, -0.2) is 4.68 Å². The molecule has 0 spiro atoms. The molecule has 114 valence electrons. The van der Waals surface area contributed by atoms with E-state index in [0.29, 0.717) is 17.8 Å². The number of aromatic nitrogens is 2. The lowest BCUT2D eigenvalue weighted by Gasteiger charge is -2.15. The van der Waals surface area contributed by atoms with Gasteiger partial charge < -0.3 is 9.84 Å². The molecule has 5 nitrogen and oxygen atoms in total. The van der Waals surface area contributed by atoms with Crippen molar-refractivity contribution < 1.29 is 14.6 Å². The maximum atomic E-state index is 12.2. The van der Waals surface area contributed by atoms with Crippen LogP contribution in [-0.4, -0.2) is 26.8 Å².